The molecule has 2 N–H and O–H groups in total. The Balaban J connectivity index is 1.80. The molecule has 0 spiro atoms. The maximum atomic E-state index is 12.4. The number of nitrogen functional groups attached to an aromatic ring is 1. The Morgan fingerprint density at radius 2 is 2.16 bits per heavy atom. The van der Waals surface area contributed by atoms with Crippen LogP contribution in [0.5, 0.6) is 0 Å². The molecule has 2 aliphatic rings. The molecule has 0 atom stereocenters. The molecule has 7 heteroatoms. The second-order valence-electron chi connectivity index (χ2n) is 6.28. The van der Waals surface area contributed by atoms with E-state index in [9.17, 15) is 14.9 Å². The minimum Gasteiger partial charge on any atom is -0.464 e. The molecular formula is C18H16N4O3. The number of amides is 1. The number of anilines is 1. The van der Waals surface area contributed by atoms with Gasteiger partial charge in [0.2, 0.25) is 0 Å². The molecule has 1 fully saturated rings. The molecule has 0 radical (unpaired) electrons. The number of esters is 1. The van der Waals surface area contributed by atoms with Crippen LogP contribution in [0.3, 0.4) is 0 Å². The topological polar surface area (TPSA) is 101 Å². The predicted octanol–water partition coefficient (Wildman–Crippen LogP) is 1.84. The first-order valence-electron chi connectivity index (χ1n) is 7.98. The van der Waals surface area contributed by atoms with E-state index >= 15 is 0 Å². The van der Waals surface area contributed by atoms with Crippen LogP contribution in [0.4, 0.5) is 5.69 Å². The van der Waals surface area contributed by atoms with Crippen molar-refractivity contribution in [3.8, 4) is 11.8 Å². The number of aromatic nitrogens is 1. The van der Waals surface area contributed by atoms with Gasteiger partial charge in [-0.15, -0.1) is 0 Å². The van der Waals surface area contributed by atoms with Crippen LogP contribution in [-0.4, -0.2) is 34.5 Å². The van der Waals surface area contributed by atoms with E-state index in [2.05, 4.69) is 0 Å². The van der Waals surface area contributed by atoms with Crippen LogP contribution < -0.4 is 5.73 Å². The molecule has 1 saturated carbocycles. The highest BCUT2D eigenvalue weighted by Crippen LogP contribution is 2.35. The SMILES string of the molecule is COC(=O)c1c(N)c(C#N)cn1-c1ccc2c(c1)CN(C1CC1)C2=O. The largest absolute Gasteiger partial charge is 0.464 e. The molecular weight excluding hydrogens is 320 g/mol. The molecule has 2 aromatic rings. The van der Waals surface area contributed by atoms with Crippen LogP contribution in [0.2, 0.25) is 0 Å². The second-order valence-corrected chi connectivity index (χ2v) is 6.28. The van der Waals surface area contributed by atoms with Gasteiger partial charge in [-0.25, -0.2) is 4.79 Å². The summed E-state index contributed by atoms with van der Waals surface area (Å²) in [6, 6.07) is 7.70. The van der Waals surface area contributed by atoms with Gasteiger partial charge in [0.15, 0.2) is 5.69 Å². The molecule has 2 heterocycles. The molecule has 7 nitrogen and oxygen atoms in total. The lowest BCUT2D eigenvalue weighted by molar-refractivity contribution is 0.0592. The average Bonchev–Trinajstić information content (AvgIpc) is 3.34. The lowest BCUT2D eigenvalue weighted by Gasteiger charge is -2.13. The van der Waals surface area contributed by atoms with Crippen molar-refractivity contribution in [2.45, 2.75) is 25.4 Å². The maximum Gasteiger partial charge on any atom is 0.357 e. The average molecular weight is 336 g/mol. The summed E-state index contributed by atoms with van der Waals surface area (Å²) in [7, 11) is 1.26. The third-order valence-electron chi connectivity index (χ3n) is 4.73. The minimum atomic E-state index is -0.616. The smallest absolute Gasteiger partial charge is 0.357 e. The van der Waals surface area contributed by atoms with Crippen LogP contribution >= 0.6 is 0 Å². The van der Waals surface area contributed by atoms with Crippen LogP contribution in [0, 0.1) is 11.3 Å². The number of methoxy groups -OCH3 is 1. The van der Waals surface area contributed by atoms with Crippen molar-refractivity contribution in [1.82, 2.24) is 9.47 Å². The molecule has 0 unspecified atom stereocenters. The van der Waals surface area contributed by atoms with Gasteiger partial charge in [0.1, 0.15) is 6.07 Å². The number of carbonyl (C=O) groups is 2. The monoisotopic (exact) mass is 336 g/mol. The van der Waals surface area contributed by atoms with Crippen molar-refractivity contribution in [1.29, 1.82) is 5.26 Å². The predicted molar refractivity (Wildman–Crippen MR) is 89.1 cm³/mol. The number of nitrogens with zero attached hydrogens (tertiary/aromatic N) is 3. The van der Waals surface area contributed by atoms with Gasteiger partial charge in [-0.05, 0) is 36.6 Å². The zero-order valence-corrected chi connectivity index (χ0v) is 13.7. The standard InChI is InChI=1S/C18H16N4O3/c1-25-18(24)16-15(20)11(7-19)9-21(16)13-4-5-14-10(6-13)8-22(17(14)23)12-2-3-12/h4-6,9,12H,2-3,8,20H2,1H3. The fraction of sp³-hybridized carbons (Fsp3) is 0.278. The van der Waals surface area contributed by atoms with Gasteiger partial charge in [0, 0.05) is 30.0 Å². The number of hydrogen-bond acceptors (Lipinski definition) is 5. The Kier molecular flexibility index (Phi) is 3.29. The Hall–Kier alpha value is -3.27. The summed E-state index contributed by atoms with van der Waals surface area (Å²) >= 11 is 0. The lowest BCUT2D eigenvalue weighted by Crippen LogP contribution is -2.25. The van der Waals surface area contributed by atoms with Crippen molar-refractivity contribution in [3.63, 3.8) is 0 Å². The summed E-state index contributed by atoms with van der Waals surface area (Å²) in [5.74, 6) is -0.558. The minimum absolute atomic E-state index is 0.0574. The Morgan fingerprint density at radius 3 is 2.80 bits per heavy atom. The molecule has 0 bridgehead atoms. The van der Waals surface area contributed by atoms with Gasteiger partial charge >= 0.3 is 5.97 Å². The molecule has 0 saturated heterocycles. The summed E-state index contributed by atoms with van der Waals surface area (Å²) in [5.41, 5.74) is 8.60. The van der Waals surface area contributed by atoms with Crippen molar-refractivity contribution >= 4 is 17.6 Å². The molecule has 1 aliphatic carbocycles. The number of nitrogens with two attached hydrogens (primary N) is 1. The number of rotatable bonds is 3. The first-order valence-corrected chi connectivity index (χ1v) is 7.98. The Labute approximate surface area is 144 Å². The van der Waals surface area contributed by atoms with Crippen molar-refractivity contribution < 1.29 is 14.3 Å². The van der Waals surface area contributed by atoms with E-state index in [0.29, 0.717) is 23.8 Å². The van der Waals surface area contributed by atoms with E-state index in [-0.39, 0.29) is 22.9 Å². The highest BCUT2D eigenvalue weighted by atomic mass is 16.5. The molecule has 1 aromatic heterocycles. The number of nitriles is 1. The zero-order valence-electron chi connectivity index (χ0n) is 13.7. The Morgan fingerprint density at radius 1 is 1.40 bits per heavy atom. The third-order valence-corrected chi connectivity index (χ3v) is 4.73. The maximum absolute atomic E-state index is 12.4. The first kappa shape index (κ1) is 15.3. The molecule has 1 amide bonds. The van der Waals surface area contributed by atoms with E-state index in [4.69, 9.17) is 10.5 Å². The van der Waals surface area contributed by atoms with E-state index in [1.54, 1.807) is 16.7 Å². The van der Waals surface area contributed by atoms with E-state index in [1.165, 1.54) is 13.3 Å². The number of benzene rings is 1. The normalized spacial score (nSPS) is 15.8. The quantitative estimate of drug-likeness (QED) is 0.862. The van der Waals surface area contributed by atoms with Gasteiger partial charge < -0.3 is 19.9 Å². The zero-order chi connectivity index (χ0) is 17.7. The first-order chi connectivity index (χ1) is 12.0. The van der Waals surface area contributed by atoms with Gasteiger partial charge in [0.05, 0.1) is 18.4 Å². The van der Waals surface area contributed by atoms with Gasteiger partial charge in [-0.3, -0.25) is 4.79 Å². The molecule has 1 aromatic carbocycles. The van der Waals surface area contributed by atoms with Crippen LogP contribution in [0.15, 0.2) is 24.4 Å². The van der Waals surface area contributed by atoms with Crippen LogP contribution in [0.1, 0.15) is 44.8 Å². The fourth-order valence-electron chi connectivity index (χ4n) is 3.28. The van der Waals surface area contributed by atoms with Crippen LogP contribution in [-0.2, 0) is 11.3 Å². The molecule has 1 aliphatic heterocycles. The van der Waals surface area contributed by atoms with E-state index in [0.717, 1.165) is 18.4 Å². The lowest BCUT2D eigenvalue weighted by atomic mass is 10.1. The van der Waals surface area contributed by atoms with E-state index < -0.39 is 5.97 Å². The van der Waals surface area contributed by atoms with Crippen molar-refractivity contribution in [2.24, 2.45) is 0 Å². The highest BCUT2D eigenvalue weighted by Gasteiger charge is 2.38. The second kappa shape index (κ2) is 5.38. The van der Waals surface area contributed by atoms with Gasteiger partial charge in [-0.2, -0.15) is 5.26 Å². The third kappa shape index (κ3) is 2.26. The summed E-state index contributed by atoms with van der Waals surface area (Å²) in [5, 5.41) is 9.20. The van der Waals surface area contributed by atoms with Crippen molar-refractivity contribution in [3.05, 3.63) is 46.8 Å². The van der Waals surface area contributed by atoms with E-state index in [1.807, 2.05) is 17.0 Å². The summed E-state index contributed by atoms with van der Waals surface area (Å²) < 4.78 is 6.34. The highest BCUT2D eigenvalue weighted by molar-refractivity contribution is 5.99. The summed E-state index contributed by atoms with van der Waals surface area (Å²) in [6.45, 7) is 0.572. The molecule has 4 rings (SSSR count). The van der Waals surface area contributed by atoms with Crippen molar-refractivity contribution in [2.75, 3.05) is 12.8 Å². The number of hydrogen-bond donors (Lipinski definition) is 1. The molecule has 126 valence electrons. The van der Waals surface area contributed by atoms with Crippen LogP contribution in [0.25, 0.3) is 5.69 Å². The van der Waals surface area contributed by atoms with Gasteiger partial charge in [0.25, 0.3) is 5.91 Å². The number of ether oxygens (including phenoxy) is 1. The number of fused-ring (bicyclic) bond motifs is 1. The summed E-state index contributed by atoms with van der Waals surface area (Å²) in [4.78, 5) is 26.4. The Bertz CT molecular complexity index is 950. The fourth-order valence-corrected chi connectivity index (χ4v) is 3.28. The molecule has 25 heavy (non-hydrogen) atoms. The van der Waals surface area contributed by atoms with Gasteiger partial charge in [-0.1, -0.05) is 0 Å². The number of carbonyl (C=O) groups excluding carboxylic acids is 2. The summed E-state index contributed by atoms with van der Waals surface area (Å²) in [6.07, 6.45) is 3.62.